The maximum Gasteiger partial charge on any atom is 0.248 e. The van der Waals surface area contributed by atoms with E-state index < -0.39 is 5.92 Å². The zero-order valence-corrected chi connectivity index (χ0v) is 10.9. The Hall–Kier alpha value is -1.65. The Morgan fingerprint density at radius 2 is 2.00 bits per heavy atom. The lowest BCUT2D eigenvalue weighted by Crippen LogP contribution is -2.31. The molecular weight excluding hydrogens is 250 g/mol. The summed E-state index contributed by atoms with van der Waals surface area (Å²) in [5.41, 5.74) is 7.92. The van der Waals surface area contributed by atoms with Gasteiger partial charge in [-0.1, -0.05) is 6.07 Å². The summed E-state index contributed by atoms with van der Waals surface area (Å²) in [4.78, 5) is 12.0. The van der Waals surface area contributed by atoms with Gasteiger partial charge in [0.1, 0.15) is 0 Å². The first-order chi connectivity index (χ1) is 8.87. The minimum Gasteiger partial charge on any atom is -0.398 e. The van der Waals surface area contributed by atoms with E-state index in [1.807, 2.05) is 13.0 Å². The van der Waals surface area contributed by atoms with Gasteiger partial charge in [0.2, 0.25) is 11.8 Å². The summed E-state index contributed by atoms with van der Waals surface area (Å²) in [6, 6.07) is 5.27. The van der Waals surface area contributed by atoms with Crippen molar-refractivity contribution in [3.05, 3.63) is 23.8 Å². The number of nitrogens with two attached hydrogens (primary N) is 1. The molecule has 0 radical (unpaired) electrons. The molecule has 1 aromatic carbocycles. The maximum absolute atomic E-state index is 13.0. The van der Waals surface area contributed by atoms with Crippen molar-refractivity contribution in [2.75, 3.05) is 11.1 Å². The topological polar surface area (TPSA) is 55.1 Å². The van der Waals surface area contributed by atoms with Crippen LogP contribution >= 0.6 is 0 Å². The number of hydrogen-bond donors (Lipinski definition) is 2. The van der Waals surface area contributed by atoms with Gasteiger partial charge in [-0.25, -0.2) is 8.78 Å². The fourth-order valence-electron chi connectivity index (χ4n) is 2.26. The van der Waals surface area contributed by atoms with Crippen LogP contribution in [0.4, 0.5) is 20.2 Å². The molecule has 19 heavy (non-hydrogen) atoms. The number of carbonyl (C=O) groups excluding carboxylic acids is 1. The minimum absolute atomic E-state index is 0.196. The first-order valence-corrected chi connectivity index (χ1v) is 6.42. The zero-order valence-electron chi connectivity index (χ0n) is 10.9. The summed E-state index contributed by atoms with van der Waals surface area (Å²) in [7, 11) is 0. The number of anilines is 2. The molecule has 0 atom stereocenters. The van der Waals surface area contributed by atoms with Gasteiger partial charge in [-0.05, 0) is 37.5 Å². The van der Waals surface area contributed by atoms with Gasteiger partial charge in [0.05, 0.1) is 0 Å². The Kier molecular flexibility index (Phi) is 3.73. The van der Waals surface area contributed by atoms with E-state index in [1.165, 1.54) is 0 Å². The fraction of sp³-hybridized carbons (Fsp3) is 0.500. The summed E-state index contributed by atoms with van der Waals surface area (Å²) < 4.78 is 26.0. The molecule has 104 valence electrons. The fourth-order valence-corrected chi connectivity index (χ4v) is 2.26. The number of alkyl halides is 2. The molecule has 3 N–H and O–H groups in total. The highest BCUT2D eigenvalue weighted by molar-refractivity contribution is 5.93. The molecule has 1 aliphatic rings. The average molecular weight is 268 g/mol. The highest BCUT2D eigenvalue weighted by Crippen LogP contribution is 2.36. The maximum atomic E-state index is 13.0. The van der Waals surface area contributed by atoms with Gasteiger partial charge in [0.15, 0.2) is 0 Å². The van der Waals surface area contributed by atoms with Crippen molar-refractivity contribution in [3.8, 4) is 0 Å². The largest absolute Gasteiger partial charge is 0.398 e. The summed E-state index contributed by atoms with van der Waals surface area (Å²) in [5, 5.41) is 2.74. The van der Waals surface area contributed by atoms with Crippen molar-refractivity contribution in [2.24, 2.45) is 5.92 Å². The molecule has 3 nitrogen and oxygen atoms in total. The lowest BCUT2D eigenvalue weighted by Gasteiger charge is -2.27. The van der Waals surface area contributed by atoms with Crippen molar-refractivity contribution in [1.82, 2.24) is 0 Å². The third kappa shape index (κ3) is 3.43. The van der Waals surface area contributed by atoms with Gasteiger partial charge in [0, 0.05) is 30.1 Å². The Morgan fingerprint density at radius 1 is 1.37 bits per heavy atom. The number of hydrogen-bond acceptors (Lipinski definition) is 2. The minimum atomic E-state index is -2.61. The van der Waals surface area contributed by atoms with Crippen LogP contribution in [0, 0.1) is 12.8 Å². The Balaban J connectivity index is 1.96. The van der Waals surface area contributed by atoms with Gasteiger partial charge in [0.25, 0.3) is 0 Å². The lowest BCUT2D eigenvalue weighted by molar-refractivity contribution is -0.124. The highest BCUT2D eigenvalue weighted by Gasteiger charge is 2.37. The second kappa shape index (κ2) is 5.15. The van der Waals surface area contributed by atoms with Crippen molar-refractivity contribution >= 4 is 17.3 Å². The molecule has 1 amide bonds. The molecule has 5 heteroatoms. The smallest absolute Gasteiger partial charge is 0.248 e. The van der Waals surface area contributed by atoms with E-state index in [0.29, 0.717) is 11.4 Å². The number of rotatable bonds is 2. The predicted molar refractivity (Wildman–Crippen MR) is 71.1 cm³/mol. The number of aryl methyl sites for hydroxylation is 1. The van der Waals surface area contributed by atoms with Crippen molar-refractivity contribution < 1.29 is 13.6 Å². The van der Waals surface area contributed by atoms with E-state index >= 15 is 0 Å². The van der Waals surface area contributed by atoms with Gasteiger partial charge in [-0.15, -0.1) is 0 Å². The first-order valence-electron chi connectivity index (χ1n) is 6.42. The molecule has 0 spiro atoms. The molecule has 1 aliphatic carbocycles. The molecule has 1 saturated carbocycles. The highest BCUT2D eigenvalue weighted by atomic mass is 19.3. The third-order valence-corrected chi connectivity index (χ3v) is 3.63. The van der Waals surface area contributed by atoms with E-state index in [4.69, 9.17) is 5.73 Å². The summed E-state index contributed by atoms with van der Waals surface area (Å²) in [5.74, 6) is -3.13. The lowest BCUT2D eigenvalue weighted by atomic mass is 9.86. The number of benzene rings is 1. The predicted octanol–water partition coefficient (Wildman–Crippen LogP) is 3.34. The van der Waals surface area contributed by atoms with Crippen molar-refractivity contribution in [2.45, 2.75) is 38.5 Å². The van der Waals surface area contributed by atoms with Crippen LogP contribution in [0.1, 0.15) is 31.2 Å². The number of halogens is 2. The molecule has 1 aromatic rings. The van der Waals surface area contributed by atoms with Gasteiger partial charge in [-0.3, -0.25) is 4.79 Å². The molecule has 0 saturated heterocycles. The second-order valence-electron chi connectivity index (χ2n) is 5.19. The molecule has 1 fully saturated rings. The van der Waals surface area contributed by atoms with Crippen LogP contribution in [0.2, 0.25) is 0 Å². The quantitative estimate of drug-likeness (QED) is 0.808. The standard InChI is InChI=1S/C14H18F2N2O/c1-9-2-3-11(8-12(9)17)18-13(19)10-4-6-14(15,16)7-5-10/h2-3,8,10H,4-7,17H2,1H3,(H,18,19). The molecule has 2 rings (SSSR count). The number of carbonyl (C=O) groups is 1. The van der Waals surface area contributed by atoms with Crippen LogP contribution < -0.4 is 11.1 Å². The number of nitrogen functional groups attached to an aromatic ring is 1. The first kappa shape index (κ1) is 13.8. The second-order valence-corrected chi connectivity index (χ2v) is 5.19. The van der Waals surface area contributed by atoms with Crippen LogP contribution in [0.25, 0.3) is 0 Å². The average Bonchev–Trinajstić information content (AvgIpc) is 2.33. The Morgan fingerprint density at radius 3 is 2.58 bits per heavy atom. The van der Waals surface area contributed by atoms with E-state index in [-0.39, 0.29) is 37.5 Å². The van der Waals surface area contributed by atoms with Crippen LogP contribution in [0.5, 0.6) is 0 Å². The van der Waals surface area contributed by atoms with E-state index in [1.54, 1.807) is 12.1 Å². The number of amides is 1. The van der Waals surface area contributed by atoms with Crippen molar-refractivity contribution in [3.63, 3.8) is 0 Å². The van der Waals surface area contributed by atoms with E-state index in [2.05, 4.69) is 5.32 Å². The molecule has 0 unspecified atom stereocenters. The molecule has 0 aromatic heterocycles. The van der Waals surface area contributed by atoms with Crippen LogP contribution in [-0.4, -0.2) is 11.8 Å². The SMILES string of the molecule is Cc1ccc(NC(=O)C2CCC(F)(F)CC2)cc1N. The molecule has 0 heterocycles. The third-order valence-electron chi connectivity index (χ3n) is 3.63. The van der Waals surface area contributed by atoms with Gasteiger partial charge in [-0.2, -0.15) is 0 Å². The molecular formula is C14H18F2N2O. The normalized spacial score (nSPS) is 19.1. The summed E-state index contributed by atoms with van der Waals surface area (Å²) >= 11 is 0. The van der Waals surface area contributed by atoms with Gasteiger partial charge >= 0.3 is 0 Å². The monoisotopic (exact) mass is 268 g/mol. The van der Waals surface area contributed by atoms with Crippen LogP contribution in [0.3, 0.4) is 0 Å². The van der Waals surface area contributed by atoms with Crippen LogP contribution in [-0.2, 0) is 4.79 Å². The Bertz CT molecular complexity index is 478. The zero-order chi connectivity index (χ0) is 14.0. The van der Waals surface area contributed by atoms with E-state index in [0.717, 1.165) is 5.56 Å². The summed E-state index contributed by atoms with van der Waals surface area (Å²) in [6.45, 7) is 1.88. The van der Waals surface area contributed by atoms with E-state index in [9.17, 15) is 13.6 Å². The van der Waals surface area contributed by atoms with Gasteiger partial charge < -0.3 is 11.1 Å². The molecule has 0 bridgehead atoms. The van der Waals surface area contributed by atoms with Crippen LogP contribution in [0.15, 0.2) is 18.2 Å². The van der Waals surface area contributed by atoms with Crippen molar-refractivity contribution in [1.29, 1.82) is 0 Å². The Labute approximate surface area is 111 Å². The summed E-state index contributed by atoms with van der Waals surface area (Å²) in [6.07, 6.45) is 0.0581. The number of nitrogens with one attached hydrogen (secondary N) is 1. The molecule has 0 aliphatic heterocycles.